The molecule has 14 heteroatoms. The molecule has 4 atom stereocenters. The van der Waals surface area contributed by atoms with Crippen LogP contribution in [0.15, 0.2) is 0 Å². The number of carbonyl (C=O) groups is 5. The number of aliphatic hydroxyl groups is 4. The fraction of sp³-hybridized carbons (Fsp3) is 0.688. The second-order valence-electron chi connectivity index (χ2n) is 4.95. The van der Waals surface area contributed by atoms with Gasteiger partial charge in [-0.1, -0.05) is 6.92 Å². The van der Waals surface area contributed by atoms with Crippen LogP contribution in [-0.4, -0.2) is 102 Å². The maximum Gasteiger partial charge on any atom is 0.300 e. The third-order valence-electron chi connectivity index (χ3n) is 1.62. The second-order valence-corrected chi connectivity index (χ2v) is 4.95. The molecule has 0 aliphatic rings. The van der Waals surface area contributed by atoms with Crippen LogP contribution in [0.5, 0.6) is 0 Å². The summed E-state index contributed by atoms with van der Waals surface area (Å²) in [6.45, 7) is 6.35. The Morgan fingerprint density at radius 3 is 1.20 bits per heavy atom. The van der Waals surface area contributed by atoms with Gasteiger partial charge in [-0.3, -0.25) is 19.2 Å². The van der Waals surface area contributed by atoms with E-state index in [2.05, 4.69) is 4.74 Å². The van der Waals surface area contributed by atoms with Crippen LogP contribution in [0.1, 0.15) is 41.0 Å². The highest BCUT2D eigenvalue weighted by Crippen LogP contribution is 2.05. The molecule has 1 unspecified atom stereocenters. The summed E-state index contributed by atoms with van der Waals surface area (Å²) in [5.41, 5.74) is 0. The van der Waals surface area contributed by atoms with E-state index in [-0.39, 0.29) is 12.9 Å². The zero-order valence-electron chi connectivity index (χ0n) is 17.3. The quantitative estimate of drug-likeness (QED) is 0.161. The molecule has 0 amide bonds. The van der Waals surface area contributed by atoms with Gasteiger partial charge in [-0.15, -0.1) is 0 Å². The van der Waals surface area contributed by atoms with Gasteiger partial charge < -0.3 is 50.4 Å². The number of carboxylic acids is 4. The van der Waals surface area contributed by atoms with E-state index in [1.807, 2.05) is 0 Å². The van der Waals surface area contributed by atoms with Crippen molar-refractivity contribution in [3.63, 3.8) is 0 Å². The van der Waals surface area contributed by atoms with E-state index in [1.165, 1.54) is 0 Å². The lowest BCUT2D eigenvalue weighted by atomic mass is 10.1. The molecule has 0 aromatic rings. The summed E-state index contributed by atoms with van der Waals surface area (Å²) in [4.78, 5) is 46.0. The fourth-order valence-electron chi connectivity index (χ4n) is 0.788. The number of aliphatic carboxylic acids is 4. The van der Waals surface area contributed by atoms with Crippen molar-refractivity contribution in [1.29, 1.82) is 0 Å². The predicted molar refractivity (Wildman–Crippen MR) is 99.6 cm³/mol. The number of carboxylic acid groups (broad SMARTS) is 4. The van der Waals surface area contributed by atoms with Crippen molar-refractivity contribution < 1.29 is 69.6 Å². The molecule has 0 aliphatic heterocycles. The molecule has 0 fully saturated rings. The molecule has 0 saturated carbocycles. The van der Waals surface area contributed by atoms with Crippen molar-refractivity contribution >= 4 is 30.2 Å². The molecule has 0 heterocycles. The lowest BCUT2D eigenvalue weighted by molar-refractivity contribution is -0.200. The van der Waals surface area contributed by atoms with Crippen LogP contribution in [-0.2, 0) is 28.7 Å². The Kier molecular flexibility index (Phi) is 33.4. The summed E-state index contributed by atoms with van der Waals surface area (Å²) >= 11 is 0. The van der Waals surface area contributed by atoms with Crippen molar-refractivity contribution in [2.24, 2.45) is 0 Å². The number of carbonyl (C=O) groups excluding carboxylic acids is 1. The summed E-state index contributed by atoms with van der Waals surface area (Å²) in [6.07, 6.45) is -6.10. The predicted octanol–water partition coefficient (Wildman–Crippen LogP) is -1.62. The molecule has 0 saturated heterocycles. The zero-order chi connectivity index (χ0) is 25.4. The van der Waals surface area contributed by atoms with Crippen molar-refractivity contribution in [2.75, 3.05) is 6.61 Å². The fourth-order valence-corrected chi connectivity index (χ4v) is 0.788. The lowest BCUT2D eigenvalue weighted by Gasteiger charge is -2.23. The van der Waals surface area contributed by atoms with Gasteiger partial charge in [0, 0.05) is 34.3 Å². The van der Waals surface area contributed by atoms with Gasteiger partial charge in [0.05, 0.1) is 0 Å². The number of hydrogen-bond acceptors (Lipinski definition) is 10. The van der Waals surface area contributed by atoms with Crippen molar-refractivity contribution in [1.82, 2.24) is 0 Å². The Balaban J connectivity index is -0.000000106. The molecule has 0 rings (SSSR count). The Morgan fingerprint density at radius 2 is 1.00 bits per heavy atom. The summed E-state index contributed by atoms with van der Waals surface area (Å²) in [5, 5.41) is 65.9. The highest BCUT2D eigenvalue weighted by Gasteiger charge is 2.30. The molecule has 0 aliphatic carbocycles. The van der Waals surface area contributed by atoms with Crippen LogP contribution in [0.2, 0.25) is 0 Å². The SMILES string of the molecule is CC(=O)O.CC(=O)O.CC(=O)O.CC(=O)O.CCCOC(O)[C@@H](O)[C@@H](O)[C@H](O)C=O. The van der Waals surface area contributed by atoms with Gasteiger partial charge in [-0.05, 0) is 6.42 Å². The topological polar surface area (TPSA) is 256 Å². The number of aliphatic hydroxyl groups excluding tert-OH is 4. The minimum atomic E-state index is -1.75. The molecule has 8 N–H and O–H groups in total. The minimum Gasteiger partial charge on any atom is -0.481 e. The first kappa shape index (κ1) is 38.0. The molecule has 0 radical (unpaired) electrons. The molecule has 0 aromatic carbocycles. The first-order valence-electron chi connectivity index (χ1n) is 8.04. The van der Waals surface area contributed by atoms with E-state index in [1.54, 1.807) is 6.92 Å². The average Bonchev–Trinajstić information content (AvgIpc) is 2.55. The Hall–Kier alpha value is -2.65. The highest BCUT2D eigenvalue weighted by atomic mass is 16.6. The monoisotopic (exact) mass is 448 g/mol. The molecule has 30 heavy (non-hydrogen) atoms. The smallest absolute Gasteiger partial charge is 0.300 e. The highest BCUT2D eigenvalue weighted by molar-refractivity contribution is 5.63. The Bertz CT molecular complexity index is 401. The van der Waals surface area contributed by atoms with Gasteiger partial charge in [0.2, 0.25) is 0 Å². The van der Waals surface area contributed by atoms with Crippen molar-refractivity contribution in [2.45, 2.75) is 65.6 Å². The van der Waals surface area contributed by atoms with Crippen LogP contribution in [0, 0.1) is 0 Å². The van der Waals surface area contributed by atoms with Gasteiger partial charge >= 0.3 is 0 Å². The molecule has 0 spiro atoms. The largest absolute Gasteiger partial charge is 0.481 e. The molecule has 14 nitrogen and oxygen atoms in total. The number of hydrogen-bond donors (Lipinski definition) is 8. The molecule has 0 aromatic heterocycles. The standard InChI is InChI=1S/C8H16O6.4C2H4O2/c1-2-3-14-8(13)7(12)6(11)5(10)4-9;4*1-2(3)4/h4-8,10-13H,2-3H2,1H3;4*1H3,(H,3,4)/t5-,6+,7+,8?;;;;/m1..../s1. The summed E-state index contributed by atoms with van der Waals surface area (Å²) < 4.78 is 4.69. The molecule has 0 bridgehead atoms. The van der Waals surface area contributed by atoms with Gasteiger partial charge in [0.25, 0.3) is 23.9 Å². The maximum absolute atomic E-state index is 10.0. The molecular formula is C16H32O14. The second kappa shape index (κ2) is 26.4. The zero-order valence-corrected chi connectivity index (χ0v) is 17.3. The van der Waals surface area contributed by atoms with E-state index in [4.69, 9.17) is 54.9 Å². The van der Waals surface area contributed by atoms with Gasteiger partial charge in [-0.25, -0.2) is 0 Å². The number of ether oxygens (including phenoxy) is 1. The number of aldehydes is 1. The van der Waals surface area contributed by atoms with Crippen LogP contribution in [0.25, 0.3) is 0 Å². The van der Waals surface area contributed by atoms with Crippen molar-refractivity contribution in [3.05, 3.63) is 0 Å². The Labute approximate surface area is 173 Å². The molecular weight excluding hydrogens is 416 g/mol. The maximum atomic E-state index is 10.0. The first-order chi connectivity index (χ1) is 13.5. The van der Waals surface area contributed by atoms with E-state index in [9.17, 15) is 9.90 Å². The van der Waals surface area contributed by atoms with Crippen LogP contribution < -0.4 is 0 Å². The summed E-state index contributed by atoms with van der Waals surface area (Å²) in [5.74, 6) is -3.33. The number of rotatable bonds is 7. The molecule has 180 valence electrons. The summed E-state index contributed by atoms with van der Waals surface area (Å²) in [7, 11) is 0. The lowest BCUT2D eigenvalue weighted by Crippen LogP contribution is -2.46. The Morgan fingerprint density at radius 1 is 0.733 bits per heavy atom. The summed E-state index contributed by atoms with van der Waals surface area (Å²) in [6, 6.07) is 0. The van der Waals surface area contributed by atoms with E-state index in [0.717, 1.165) is 27.7 Å². The van der Waals surface area contributed by atoms with Crippen molar-refractivity contribution in [3.8, 4) is 0 Å². The third-order valence-corrected chi connectivity index (χ3v) is 1.62. The van der Waals surface area contributed by atoms with E-state index < -0.39 is 48.5 Å². The third kappa shape index (κ3) is 63.8. The van der Waals surface area contributed by atoms with E-state index in [0.29, 0.717) is 6.42 Å². The van der Waals surface area contributed by atoms with E-state index >= 15 is 0 Å². The average molecular weight is 448 g/mol. The van der Waals surface area contributed by atoms with Crippen LogP contribution >= 0.6 is 0 Å². The van der Waals surface area contributed by atoms with Gasteiger partial charge in [0.1, 0.15) is 18.3 Å². The van der Waals surface area contributed by atoms with Gasteiger partial charge in [-0.2, -0.15) is 0 Å². The normalized spacial score (nSPS) is 12.6. The van der Waals surface area contributed by atoms with Gasteiger partial charge in [0.15, 0.2) is 12.6 Å². The minimum absolute atomic E-state index is 0.0699. The van der Waals surface area contributed by atoms with Crippen LogP contribution in [0.3, 0.4) is 0 Å². The first-order valence-corrected chi connectivity index (χ1v) is 8.04. The van der Waals surface area contributed by atoms with Crippen LogP contribution in [0.4, 0.5) is 0 Å².